The molecule has 1 aliphatic carbocycles. The summed E-state index contributed by atoms with van der Waals surface area (Å²) in [4.78, 5) is 40.9. The minimum Gasteiger partial charge on any atom is -0.494 e. The van der Waals surface area contributed by atoms with E-state index < -0.39 is 28.2 Å². The first-order valence-electron chi connectivity index (χ1n) is 14.0. The quantitative estimate of drug-likeness (QED) is 0.327. The number of hydrogen-bond acceptors (Lipinski definition) is 5. The van der Waals surface area contributed by atoms with Gasteiger partial charge in [0, 0.05) is 4.75 Å². The number of carbonyl (C=O) groups excluding carboxylic acids is 2. The molecule has 5 atom stereocenters. The average molecular weight is 551 g/mol. The summed E-state index contributed by atoms with van der Waals surface area (Å²) in [5.41, 5.74) is 1.33. The molecule has 2 saturated heterocycles. The Kier molecular flexibility index (Phi) is 7.68. The van der Waals surface area contributed by atoms with Gasteiger partial charge in [-0.1, -0.05) is 62.2 Å². The number of rotatable bonds is 10. The number of thioether (sulfide) groups is 1. The number of nitrogens with zero attached hydrogens (tertiary/aromatic N) is 1. The summed E-state index contributed by atoms with van der Waals surface area (Å²) in [5, 5.41) is 12.5. The second-order valence-corrected chi connectivity index (χ2v) is 13.3. The number of fused-ring (bicyclic) bond motifs is 1. The molecule has 2 aromatic rings. The van der Waals surface area contributed by atoms with Crippen molar-refractivity contribution in [2.45, 2.75) is 86.9 Å². The molecule has 2 aromatic carbocycles. The topological polar surface area (TPSA) is 95.9 Å². The van der Waals surface area contributed by atoms with Crippen LogP contribution in [0.4, 0.5) is 0 Å². The summed E-state index contributed by atoms with van der Waals surface area (Å²) in [5.74, 6) is -0.612. The van der Waals surface area contributed by atoms with E-state index in [0.717, 1.165) is 43.4 Å². The van der Waals surface area contributed by atoms with Crippen LogP contribution in [0.2, 0.25) is 0 Å². The second kappa shape index (κ2) is 10.9. The number of amides is 2. The van der Waals surface area contributed by atoms with Gasteiger partial charge in [0.1, 0.15) is 23.2 Å². The number of benzene rings is 2. The molecule has 0 aromatic heterocycles. The lowest BCUT2D eigenvalue weighted by Crippen LogP contribution is -2.72. The van der Waals surface area contributed by atoms with E-state index in [9.17, 15) is 19.5 Å². The summed E-state index contributed by atoms with van der Waals surface area (Å²) in [6.45, 7) is 6.48. The number of hydrogen-bond donors (Lipinski definition) is 2. The summed E-state index contributed by atoms with van der Waals surface area (Å²) in [6.07, 6.45) is 5.32. The third-order valence-corrected chi connectivity index (χ3v) is 10.2. The molecular weight excluding hydrogens is 512 g/mol. The Labute approximate surface area is 234 Å². The Morgan fingerprint density at radius 3 is 2.51 bits per heavy atom. The van der Waals surface area contributed by atoms with E-state index in [1.165, 1.54) is 22.2 Å². The summed E-state index contributed by atoms with van der Waals surface area (Å²) in [7, 11) is 0. The summed E-state index contributed by atoms with van der Waals surface area (Å²) < 4.78 is 5.24. The monoisotopic (exact) mass is 550 g/mol. The Balaban J connectivity index is 1.43. The van der Waals surface area contributed by atoms with E-state index in [-0.39, 0.29) is 23.1 Å². The first-order chi connectivity index (χ1) is 18.7. The molecule has 0 radical (unpaired) electrons. The average Bonchev–Trinajstić information content (AvgIpc) is 3.45. The van der Waals surface area contributed by atoms with E-state index >= 15 is 0 Å². The highest BCUT2D eigenvalue weighted by Gasteiger charge is 2.65. The van der Waals surface area contributed by atoms with Crippen molar-refractivity contribution in [3.8, 4) is 5.75 Å². The maximum Gasteiger partial charge on any atom is 0.327 e. The number of carboxylic acid groups (broad SMARTS) is 1. The minimum atomic E-state index is -1.01. The van der Waals surface area contributed by atoms with Crippen LogP contribution in [-0.2, 0) is 26.2 Å². The van der Waals surface area contributed by atoms with Crippen LogP contribution in [0.15, 0.2) is 54.6 Å². The predicted octanol–water partition coefficient (Wildman–Crippen LogP) is 4.78. The zero-order chi connectivity index (χ0) is 27.8. The summed E-state index contributed by atoms with van der Waals surface area (Å²) in [6, 6.07) is 16.5. The van der Waals surface area contributed by atoms with Gasteiger partial charge in [-0.3, -0.25) is 9.59 Å². The molecule has 208 valence electrons. The van der Waals surface area contributed by atoms with E-state index in [2.05, 4.69) is 24.4 Å². The molecule has 2 N–H and O–H groups in total. The first kappa shape index (κ1) is 27.6. The second-order valence-electron chi connectivity index (χ2n) is 11.5. The standard InChI is InChI=1S/C31H38N2O5S/c1-4-5-18-38-23-15-13-21(14-16-23)31(17-9-12-22(31)19-20-10-7-6-8-11-20)29(37)32-24-26(34)33-25(28(35)36)30(2,3)39-27(24)33/h6-8,10-11,13-16,22,24-25,27H,4-5,9,12,17-19H2,1-3H3,(H,32,37)(H,35,36). The van der Waals surface area contributed by atoms with E-state index in [1.54, 1.807) is 0 Å². The molecule has 0 spiro atoms. The van der Waals surface area contributed by atoms with Gasteiger partial charge in [0.2, 0.25) is 11.8 Å². The van der Waals surface area contributed by atoms with Gasteiger partial charge in [0.25, 0.3) is 0 Å². The van der Waals surface area contributed by atoms with Crippen molar-refractivity contribution in [1.82, 2.24) is 10.2 Å². The van der Waals surface area contributed by atoms with Crippen LogP contribution in [0.25, 0.3) is 0 Å². The molecular formula is C31H38N2O5S. The lowest BCUT2D eigenvalue weighted by atomic mass is 9.69. The van der Waals surface area contributed by atoms with Gasteiger partial charge < -0.3 is 20.1 Å². The number of nitrogens with one attached hydrogen (secondary N) is 1. The Morgan fingerprint density at radius 1 is 1.13 bits per heavy atom. The van der Waals surface area contributed by atoms with Crippen molar-refractivity contribution >= 4 is 29.5 Å². The van der Waals surface area contributed by atoms with Gasteiger partial charge in [0.05, 0.1) is 12.0 Å². The van der Waals surface area contributed by atoms with E-state index in [4.69, 9.17) is 4.74 Å². The van der Waals surface area contributed by atoms with Crippen molar-refractivity contribution in [3.05, 3.63) is 65.7 Å². The third-order valence-electron chi connectivity index (χ3n) is 8.65. The number of aliphatic carboxylic acids is 1. The number of unbranched alkanes of at least 4 members (excludes halogenated alkanes) is 1. The van der Waals surface area contributed by atoms with Crippen molar-refractivity contribution < 1.29 is 24.2 Å². The smallest absolute Gasteiger partial charge is 0.327 e. The maximum absolute atomic E-state index is 14.3. The van der Waals surface area contributed by atoms with Crippen molar-refractivity contribution in [2.24, 2.45) is 5.92 Å². The van der Waals surface area contributed by atoms with Crippen LogP contribution in [0.3, 0.4) is 0 Å². The van der Waals surface area contributed by atoms with Gasteiger partial charge in [-0.25, -0.2) is 4.79 Å². The highest BCUT2D eigenvalue weighted by atomic mass is 32.2. The molecule has 7 nitrogen and oxygen atoms in total. The van der Waals surface area contributed by atoms with Crippen molar-refractivity contribution in [1.29, 1.82) is 0 Å². The lowest BCUT2D eigenvalue weighted by molar-refractivity contribution is -0.161. The molecule has 5 rings (SSSR count). The largest absolute Gasteiger partial charge is 0.494 e. The van der Waals surface area contributed by atoms with E-state index in [0.29, 0.717) is 13.0 Å². The molecule has 2 amide bonds. The zero-order valence-electron chi connectivity index (χ0n) is 22.9. The predicted molar refractivity (Wildman–Crippen MR) is 152 cm³/mol. The van der Waals surface area contributed by atoms with Crippen LogP contribution in [0.5, 0.6) is 5.75 Å². The molecule has 39 heavy (non-hydrogen) atoms. The zero-order valence-corrected chi connectivity index (χ0v) is 23.7. The molecule has 8 heteroatoms. The summed E-state index contributed by atoms with van der Waals surface area (Å²) >= 11 is 1.45. The number of ether oxygens (including phenoxy) is 1. The maximum atomic E-state index is 14.3. The first-order valence-corrected chi connectivity index (χ1v) is 14.9. The molecule has 1 saturated carbocycles. The Bertz CT molecular complexity index is 1220. The number of carbonyl (C=O) groups is 3. The fourth-order valence-corrected chi connectivity index (χ4v) is 8.29. The molecule has 5 unspecified atom stereocenters. The van der Waals surface area contributed by atoms with Gasteiger partial charge in [-0.15, -0.1) is 11.8 Å². The van der Waals surface area contributed by atoms with Crippen LogP contribution in [0, 0.1) is 5.92 Å². The molecule has 3 fully saturated rings. The van der Waals surface area contributed by atoms with Gasteiger partial charge in [0.15, 0.2) is 0 Å². The van der Waals surface area contributed by atoms with Crippen LogP contribution < -0.4 is 10.1 Å². The fraction of sp³-hybridized carbons (Fsp3) is 0.516. The van der Waals surface area contributed by atoms with Gasteiger partial charge >= 0.3 is 5.97 Å². The normalized spacial score (nSPS) is 29.0. The van der Waals surface area contributed by atoms with Crippen LogP contribution in [-0.4, -0.2) is 56.6 Å². The highest BCUT2D eigenvalue weighted by Crippen LogP contribution is 2.52. The minimum absolute atomic E-state index is 0.0671. The van der Waals surface area contributed by atoms with Crippen LogP contribution >= 0.6 is 11.8 Å². The Hall–Kier alpha value is -3.00. The molecule has 0 bridgehead atoms. The molecule has 2 heterocycles. The molecule has 2 aliphatic heterocycles. The van der Waals surface area contributed by atoms with Crippen molar-refractivity contribution in [3.63, 3.8) is 0 Å². The van der Waals surface area contributed by atoms with Gasteiger partial charge in [-0.2, -0.15) is 0 Å². The number of β-lactam (4-membered cyclic amide) rings is 1. The van der Waals surface area contributed by atoms with Crippen LogP contribution in [0.1, 0.15) is 64.0 Å². The lowest BCUT2D eigenvalue weighted by Gasteiger charge is -2.45. The molecule has 3 aliphatic rings. The Morgan fingerprint density at radius 2 is 1.85 bits per heavy atom. The van der Waals surface area contributed by atoms with Gasteiger partial charge in [-0.05, 0) is 68.7 Å². The third kappa shape index (κ3) is 4.92. The fourth-order valence-electron chi connectivity index (χ4n) is 6.66. The SMILES string of the molecule is CCCCOc1ccc(C2(C(=O)NC3C(=O)N4C3SC(C)(C)C4C(=O)O)CCCC2Cc2ccccc2)cc1. The highest BCUT2D eigenvalue weighted by molar-refractivity contribution is 8.01. The van der Waals surface area contributed by atoms with E-state index in [1.807, 2.05) is 56.3 Å². The number of carboxylic acids is 1. The van der Waals surface area contributed by atoms with Crippen molar-refractivity contribution in [2.75, 3.05) is 6.61 Å².